The van der Waals surface area contributed by atoms with E-state index in [4.69, 9.17) is 15.3 Å². The number of benzene rings is 1. The minimum Gasteiger partial charge on any atom is -0.496 e. The lowest BCUT2D eigenvalue weighted by atomic mass is 10.1. The fourth-order valence-corrected chi connectivity index (χ4v) is 5.78. The number of aryl methyl sites for hydroxylation is 1. The zero-order valence-corrected chi connectivity index (χ0v) is 20.1. The van der Waals surface area contributed by atoms with Gasteiger partial charge in [0, 0.05) is 4.88 Å². The number of fused-ring (bicyclic) bond motifs is 1. The van der Waals surface area contributed by atoms with Crippen LogP contribution in [0.4, 0.5) is 5.00 Å². The van der Waals surface area contributed by atoms with Crippen molar-refractivity contribution in [3.05, 3.63) is 40.3 Å². The average Bonchev–Trinajstić information content (AvgIpc) is 3.27. The number of hydrogen-bond acceptors (Lipinski definition) is 9. The van der Waals surface area contributed by atoms with E-state index in [0.717, 1.165) is 54.3 Å². The second-order valence-corrected chi connectivity index (χ2v) is 9.52. The summed E-state index contributed by atoms with van der Waals surface area (Å²) in [5.41, 5.74) is 2.20. The minimum atomic E-state index is -0.416. The molecule has 33 heavy (non-hydrogen) atoms. The molecule has 11 heteroatoms. The summed E-state index contributed by atoms with van der Waals surface area (Å²) in [5, 5.41) is 12.1. The first-order valence-corrected chi connectivity index (χ1v) is 12.3. The van der Waals surface area contributed by atoms with E-state index < -0.39 is 5.97 Å². The number of amides is 1. The Hall–Kier alpha value is -3.05. The maximum Gasteiger partial charge on any atom is 0.341 e. The van der Waals surface area contributed by atoms with E-state index in [1.165, 1.54) is 23.1 Å². The molecule has 0 unspecified atom stereocenters. The smallest absolute Gasteiger partial charge is 0.341 e. The molecule has 0 atom stereocenters. The van der Waals surface area contributed by atoms with Crippen molar-refractivity contribution in [2.45, 2.75) is 37.3 Å². The number of hydrogen-bond donors (Lipinski definition) is 2. The van der Waals surface area contributed by atoms with Crippen LogP contribution in [0.5, 0.6) is 5.75 Å². The Morgan fingerprint density at radius 2 is 1.97 bits per heavy atom. The molecule has 1 amide bonds. The lowest BCUT2D eigenvalue weighted by Gasteiger charge is -2.08. The zero-order chi connectivity index (χ0) is 23.4. The van der Waals surface area contributed by atoms with E-state index in [1.807, 2.05) is 24.3 Å². The van der Waals surface area contributed by atoms with Gasteiger partial charge in [0.15, 0.2) is 5.82 Å². The van der Waals surface area contributed by atoms with E-state index in [2.05, 4.69) is 15.5 Å². The monoisotopic (exact) mass is 487 g/mol. The van der Waals surface area contributed by atoms with Crippen molar-refractivity contribution < 1.29 is 19.1 Å². The summed E-state index contributed by atoms with van der Waals surface area (Å²) in [6, 6.07) is 7.36. The molecular weight excluding hydrogens is 462 g/mol. The first-order chi connectivity index (χ1) is 16.0. The van der Waals surface area contributed by atoms with E-state index in [1.54, 1.807) is 7.11 Å². The maximum absolute atomic E-state index is 12.7. The number of carbonyl (C=O) groups excluding carboxylic acids is 2. The Morgan fingerprint density at radius 3 is 2.76 bits per heavy atom. The Bertz CT molecular complexity index is 1170. The van der Waals surface area contributed by atoms with Crippen molar-refractivity contribution >= 4 is 40.0 Å². The summed E-state index contributed by atoms with van der Waals surface area (Å²) >= 11 is 2.63. The van der Waals surface area contributed by atoms with Crippen LogP contribution in [0.15, 0.2) is 29.4 Å². The third kappa shape index (κ3) is 4.83. The highest BCUT2D eigenvalue weighted by Crippen LogP contribution is 2.38. The van der Waals surface area contributed by atoms with Crippen LogP contribution in [0.25, 0.3) is 11.4 Å². The van der Waals surface area contributed by atoms with Gasteiger partial charge in [-0.25, -0.2) is 9.47 Å². The number of anilines is 1. The molecule has 4 rings (SSSR count). The fraction of sp³-hybridized carbons (Fsp3) is 0.364. The molecular formula is C22H25N5O4S2. The topological polar surface area (TPSA) is 121 Å². The summed E-state index contributed by atoms with van der Waals surface area (Å²) in [6.07, 6.45) is 4.98. The molecule has 0 radical (unpaired) electrons. The summed E-state index contributed by atoms with van der Waals surface area (Å²) in [4.78, 5) is 26.3. The van der Waals surface area contributed by atoms with E-state index in [0.29, 0.717) is 32.9 Å². The van der Waals surface area contributed by atoms with Gasteiger partial charge in [0.1, 0.15) is 10.8 Å². The van der Waals surface area contributed by atoms with Crippen molar-refractivity contribution in [3.8, 4) is 17.1 Å². The van der Waals surface area contributed by atoms with Crippen LogP contribution in [0.1, 0.15) is 40.1 Å². The molecule has 1 aromatic carbocycles. The highest BCUT2D eigenvalue weighted by molar-refractivity contribution is 7.99. The molecule has 2 heterocycles. The highest BCUT2D eigenvalue weighted by atomic mass is 32.2. The Balaban J connectivity index is 1.48. The summed E-state index contributed by atoms with van der Waals surface area (Å²) < 4.78 is 11.7. The van der Waals surface area contributed by atoms with Crippen LogP contribution in [-0.2, 0) is 22.4 Å². The number of rotatable bonds is 7. The molecule has 0 bridgehead atoms. The quantitative estimate of drug-likeness (QED) is 0.225. The number of carbonyl (C=O) groups is 2. The highest BCUT2D eigenvalue weighted by Gasteiger charge is 2.26. The third-order valence-electron chi connectivity index (χ3n) is 5.41. The van der Waals surface area contributed by atoms with Gasteiger partial charge in [-0.3, -0.25) is 4.79 Å². The number of nitrogens with zero attached hydrogens (tertiary/aromatic N) is 3. The normalized spacial score (nSPS) is 13.2. The van der Waals surface area contributed by atoms with Gasteiger partial charge in [0.25, 0.3) is 0 Å². The van der Waals surface area contributed by atoms with Crippen LogP contribution < -0.4 is 15.9 Å². The molecule has 3 aromatic rings. The second-order valence-electron chi connectivity index (χ2n) is 7.47. The van der Waals surface area contributed by atoms with Crippen molar-refractivity contribution in [1.82, 2.24) is 14.9 Å². The molecule has 0 fully saturated rings. The van der Waals surface area contributed by atoms with Gasteiger partial charge in [-0.2, -0.15) is 0 Å². The zero-order valence-electron chi connectivity index (χ0n) is 18.4. The molecule has 1 aliphatic carbocycles. The summed E-state index contributed by atoms with van der Waals surface area (Å²) in [6.45, 7) is 0. The fourth-order valence-electron chi connectivity index (χ4n) is 3.83. The van der Waals surface area contributed by atoms with Crippen LogP contribution >= 0.6 is 23.1 Å². The summed E-state index contributed by atoms with van der Waals surface area (Å²) in [7, 11) is 2.93. The number of para-hydroxylation sites is 1. The number of aromatic nitrogens is 3. The van der Waals surface area contributed by atoms with Gasteiger partial charge in [-0.15, -0.1) is 21.5 Å². The van der Waals surface area contributed by atoms with Crippen LogP contribution in [0.3, 0.4) is 0 Å². The number of thiophene rings is 1. The Labute approximate surface area is 199 Å². The minimum absolute atomic E-state index is 0.0600. The Morgan fingerprint density at radius 1 is 1.18 bits per heavy atom. The van der Waals surface area contributed by atoms with Crippen molar-refractivity contribution in [2.24, 2.45) is 0 Å². The number of nitrogens with one attached hydrogen (secondary N) is 1. The first-order valence-electron chi connectivity index (χ1n) is 10.5. The maximum atomic E-state index is 12.7. The number of ether oxygens (including phenoxy) is 2. The predicted molar refractivity (Wildman–Crippen MR) is 128 cm³/mol. The Kier molecular flexibility index (Phi) is 7.19. The number of nitrogen functional groups attached to an aromatic ring is 1. The molecule has 0 saturated heterocycles. The standard InChI is InChI=1S/C22H25N5O4S2/c1-30-15-10-7-6-8-13(15)19-25-26-22(27(19)23)32-12-17(28)24-20-18(21(29)31-2)14-9-4-3-5-11-16(14)33-20/h6-8,10H,3-5,9,11-12,23H2,1-2H3,(H,24,28). The molecule has 174 valence electrons. The largest absolute Gasteiger partial charge is 0.496 e. The van der Waals surface area contributed by atoms with Gasteiger partial charge in [-0.1, -0.05) is 30.3 Å². The van der Waals surface area contributed by atoms with E-state index >= 15 is 0 Å². The predicted octanol–water partition coefficient (Wildman–Crippen LogP) is 3.52. The number of nitrogens with two attached hydrogens (primary N) is 1. The van der Waals surface area contributed by atoms with Crippen LogP contribution in [-0.4, -0.2) is 46.7 Å². The second kappa shape index (κ2) is 10.3. The molecule has 9 nitrogen and oxygen atoms in total. The van der Waals surface area contributed by atoms with Gasteiger partial charge in [-0.05, 0) is 43.4 Å². The lowest BCUT2D eigenvalue weighted by Crippen LogP contribution is -2.17. The number of methoxy groups -OCH3 is 2. The molecule has 0 spiro atoms. The van der Waals surface area contributed by atoms with Gasteiger partial charge >= 0.3 is 5.97 Å². The van der Waals surface area contributed by atoms with Crippen molar-refractivity contribution in [2.75, 3.05) is 31.1 Å². The van der Waals surface area contributed by atoms with E-state index in [-0.39, 0.29) is 11.7 Å². The van der Waals surface area contributed by atoms with Gasteiger partial charge < -0.3 is 20.6 Å². The number of esters is 1. The average molecular weight is 488 g/mol. The van der Waals surface area contributed by atoms with Crippen LogP contribution in [0, 0.1) is 0 Å². The lowest BCUT2D eigenvalue weighted by molar-refractivity contribution is -0.113. The molecule has 3 N–H and O–H groups in total. The van der Waals surface area contributed by atoms with Crippen LogP contribution in [0.2, 0.25) is 0 Å². The van der Waals surface area contributed by atoms with E-state index in [9.17, 15) is 9.59 Å². The molecule has 0 saturated carbocycles. The molecule has 0 aliphatic heterocycles. The van der Waals surface area contributed by atoms with Gasteiger partial charge in [0.05, 0.1) is 31.1 Å². The first kappa shape index (κ1) is 23.1. The van der Waals surface area contributed by atoms with Gasteiger partial charge in [0.2, 0.25) is 11.1 Å². The van der Waals surface area contributed by atoms with Crippen molar-refractivity contribution in [1.29, 1.82) is 0 Å². The summed E-state index contributed by atoms with van der Waals surface area (Å²) in [5.74, 6) is 6.63. The number of thioether (sulfide) groups is 1. The molecule has 1 aliphatic rings. The molecule has 2 aromatic heterocycles. The SMILES string of the molecule is COC(=O)c1c(NC(=O)CSc2nnc(-c3ccccc3OC)n2N)sc2c1CCCCC2. The third-order valence-corrected chi connectivity index (χ3v) is 7.56. The van der Waals surface area contributed by atoms with Crippen molar-refractivity contribution in [3.63, 3.8) is 0 Å².